The van der Waals surface area contributed by atoms with E-state index in [1.165, 1.54) is 11.3 Å². The number of nitrogens with zero attached hydrogens (tertiary/aromatic N) is 1. The molecule has 0 aliphatic rings. The van der Waals surface area contributed by atoms with Crippen LogP contribution in [0.2, 0.25) is 0 Å². The lowest BCUT2D eigenvalue weighted by molar-refractivity contribution is -0.152. The van der Waals surface area contributed by atoms with Gasteiger partial charge in [-0.1, -0.05) is 30.3 Å². The Bertz CT molecular complexity index is 1160. The van der Waals surface area contributed by atoms with Gasteiger partial charge in [-0.3, -0.25) is 4.79 Å². The van der Waals surface area contributed by atoms with E-state index in [0.29, 0.717) is 5.56 Å². The van der Waals surface area contributed by atoms with Gasteiger partial charge in [-0.25, -0.2) is 9.78 Å². The quantitative estimate of drug-likeness (QED) is 0.362. The molecule has 7 heteroatoms. The van der Waals surface area contributed by atoms with Gasteiger partial charge in [0.25, 0.3) is 0 Å². The monoisotopic (exact) mass is 408 g/mol. The van der Waals surface area contributed by atoms with Gasteiger partial charge in [-0.05, 0) is 32.0 Å². The van der Waals surface area contributed by atoms with E-state index >= 15 is 0 Å². The molecule has 29 heavy (non-hydrogen) atoms. The maximum absolute atomic E-state index is 12.8. The molecule has 0 saturated carbocycles. The average molecular weight is 408 g/mol. The molecule has 0 spiro atoms. The van der Waals surface area contributed by atoms with Crippen molar-refractivity contribution in [3.8, 4) is 0 Å². The van der Waals surface area contributed by atoms with Crippen LogP contribution in [0.1, 0.15) is 28.0 Å². The third-order valence-electron chi connectivity index (χ3n) is 4.60. The van der Waals surface area contributed by atoms with Crippen LogP contribution in [-0.4, -0.2) is 34.4 Å². The summed E-state index contributed by atoms with van der Waals surface area (Å²) < 4.78 is 11.8. The molecule has 6 nitrogen and oxygen atoms in total. The van der Waals surface area contributed by atoms with Gasteiger partial charge in [0.1, 0.15) is 11.6 Å². The number of fused-ring (bicyclic) bond motifs is 2. The molecule has 0 aliphatic heterocycles. The van der Waals surface area contributed by atoms with Crippen LogP contribution in [0.25, 0.3) is 21.1 Å². The van der Waals surface area contributed by atoms with E-state index in [1.807, 2.05) is 55.5 Å². The molecule has 4 aromatic rings. The minimum atomic E-state index is -0.897. The van der Waals surface area contributed by atoms with Crippen molar-refractivity contribution in [3.63, 3.8) is 0 Å². The summed E-state index contributed by atoms with van der Waals surface area (Å²) in [5.41, 5.74) is 3.10. The molecule has 1 atom stereocenters. The highest BCUT2D eigenvalue weighted by Crippen LogP contribution is 2.24. The minimum Gasteiger partial charge on any atom is -0.453 e. The lowest BCUT2D eigenvalue weighted by Gasteiger charge is -2.12. The van der Waals surface area contributed by atoms with E-state index in [2.05, 4.69) is 9.97 Å². The Labute approximate surface area is 171 Å². The Hall–Kier alpha value is -3.03. The molecule has 0 fully saturated rings. The Morgan fingerprint density at radius 3 is 2.72 bits per heavy atom. The number of esters is 1. The normalized spacial score (nSPS) is 12.3. The number of rotatable bonds is 7. The minimum absolute atomic E-state index is 0.221. The van der Waals surface area contributed by atoms with Gasteiger partial charge in [0.05, 0.1) is 16.8 Å². The predicted molar refractivity (Wildman–Crippen MR) is 112 cm³/mol. The SMILES string of the molecule is Cc1[nH]c2ccccc2c1C(=O)[C@H](C)OC(=O)COCc1nc2ccccc2s1. The number of ether oxygens (including phenoxy) is 2. The number of aryl methyl sites for hydroxylation is 1. The van der Waals surface area contributed by atoms with Gasteiger partial charge >= 0.3 is 5.97 Å². The van der Waals surface area contributed by atoms with Gasteiger partial charge in [0.2, 0.25) is 5.78 Å². The standard InChI is InChI=1S/C22H20N2O4S/c1-13-21(15-7-3-4-8-16(15)23-13)22(26)14(2)28-20(25)12-27-11-19-24-17-9-5-6-10-18(17)29-19/h3-10,14,23H,11-12H2,1-2H3/t14-/m0/s1. The van der Waals surface area contributed by atoms with Crippen molar-refractivity contribution >= 4 is 44.2 Å². The molecule has 0 bridgehead atoms. The second-order valence-electron chi connectivity index (χ2n) is 6.74. The van der Waals surface area contributed by atoms with Gasteiger partial charge in [0, 0.05) is 22.2 Å². The fraction of sp³-hybridized carbons (Fsp3) is 0.227. The second-order valence-corrected chi connectivity index (χ2v) is 7.85. The van der Waals surface area contributed by atoms with E-state index in [0.717, 1.165) is 31.8 Å². The highest BCUT2D eigenvalue weighted by atomic mass is 32.1. The smallest absolute Gasteiger partial charge is 0.332 e. The van der Waals surface area contributed by atoms with E-state index in [9.17, 15) is 9.59 Å². The molecular weight excluding hydrogens is 388 g/mol. The lowest BCUT2D eigenvalue weighted by atomic mass is 10.0. The number of hydrogen-bond acceptors (Lipinski definition) is 6. The Kier molecular flexibility index (Phi) is 5.42. The van der Waals surface area contributed by atoms with E-state index in [-0.39, 0.29) is 19.0 Å². The van der Waals surface area contributed by atoms with E-state index < -0.39 is 12.1 Å². The maximum Gasteiger partial charge on any atom is 0.332 e. The summed E-state index contributed by atoms with van der Waals surface area (Å²) in [6, 6.07) is 15.4. The molecule has 148 valence electrons. The third kappa shape index (κ3) is 4.06. The maximum atomic E-state index is 12.8. The summed E-state index contributed by atoms with van der Waals surface area (Å²) in [6.45, 7) is 3.40. The first-order valence-corrected chi connectivity index (χ1v) is 10.1. The number of para-hydroxylation sites is 2. The van der Waals surface area contributed by atoms with Gasteiger partial charge < -0.3 is 14.5 Å². The number of aromatic amines is 1. The summed E-state index contributed by atoms with van der Waals surface area (Å²) >= 11 is 1.52. The zero-order valence-corrected chi connectivity index (χ0v) is 16.9. The number of hydrogen-bond donors (Lipinski definition) is 1. The van der Waals surface area contributed by atoms with Crippen molar-refractivity contribution in [2.24, 2.45) is 0 Å². The fourth-order valence-corrected chi connectivity index (χ4v) is 4.19. The van der Waals surface area contributed by atoms with Crippen LogP contribution >= 0.6 is 11.3 Å². The number of thiazole rings is 1. The van der Waals surface area contributed by atoms with Gasteiger partial charge in [-0.15, -0.1) is 11.3 Å². The van der Waals surface area contributed by atoms with E-state index in [4.69, 9.17) is 9.47 Å². The van der Waals surface area contributed by atoms with Crippen LogP contribution in [0.5, 0.6) is 0 Å². The van der Waals surface area contributed by atoms with Crippen LogP contribution in [0.4, 0.5) is 0 Å². The first-order chi connectivity index (χ1) is 14.0. The molecular formula is C22H20N2O4S. The average Bonchev–Trinajstić information content (AvgIpc) is 3.26. The second kappa shape index (κ2) is 8.14. The summed E-state index contributed by atoms with van der Waals surface area (Å²) in [5, 5.41) is 1.61. The largest absolute Gasteiger partial charge is 0.453 e. The number of carbonyl (C=O) groups is 2. The Morgan fingerprint density at radius 2 is 1.90 bits per heavy atom. The molecule has 2 aromatic heterocycles. The van der Waals surface area contributed by atoms with Crippen molar-refractivity contribution in [2.75, 3.05) is 6.61 Å². The zero-order chi connectivity index (χ0) is 20.4. The van der Waals surface area contributed by atoms with Crippen molar-refractivity contribution in [2.45, 2.75) is 26.6 Å². The zero-order valence-electron chi connectivity index (χ0n) is 16.1. The van der Waals surface area contributed by atoms with Crippen LogP contribution < -0.4 is 0 Å². The van der Waals surface area contributed by atoms with Crippen LogP contribution in [0.15, 0.2) is 48.5 Å². The van der Waals surface area contributed by atoms with Crippen LogP contribution in [0, 0.1) is 6.92 Å². The number of ketones is 1. The molecule has 0 unspecified atom stereocenters. The Balaban J connectivity index is 1.34. The number of Topliss-reactive ketones (excluding diaryl/α,β-unsaturated/α-hetero) is 1. The highest BCUT2D eigenvalue weighted by Gasteiger charge is 2.24. The topological polar surface area (TPSA) is 81.3 Å². The molecule has 2 heterocycles. The molecule has 2 aromatic carbocycles. The number of nitrogens with one attached hydrogen (secondary N) is 1. The molecule has 0 radical (unpaired) electrons. The number of H-pyrrole nitrogens is 1. The van der Waals surface area contributed by atoms with E-state index in [1.54, 1.807) is 6.92 Å². The predicted octanol–water partition coefficient (Wildman–Crippen LogP) is 4.42. The Morgan fingerprint density at radius 1 is 1.14 bits per heavy atom. The third-order valence-corrected chi connectivity index (χ3v) is 5.61. The van der Waals surface area contributed by atoms with Crippen LogP contribution in [0.3, 0.4) is 0 Å². The first-order valence-electron chi connectivity index (χ1n) is 9.26. The molecule has 0 amide bonds. The van der Waals surface area contributed by atoms with Crippen molar-refractivity contribution in [3.05, 3.63) is 64.8 Å². The van der Waals surface area contributed by atoms with Crippen molar-refractivity contribution in [1.29, 1.82) is 0 Å². The molecule has 0 aliphatic carbocycles. The first kappa shape index (κ1) is 19.3. The fourth-order valence-electron chi connectivity index (χ4n) is 3.29. The number of benzene rings is 2. The lowest BCUT2D eigenvalue weighted by Crippen LogP contribution is -2.26. The molecule has 4 rings (SSSR count). The summed E-state index contributed by atoms with van der Waals surface area (Å²) in [7, 11) is 0. The van der Waals surface area contributed by atoms with Crippen LogP contribution in [-0.2, 0) is 20.9 Å². The van der Waals surface area contributed by atoms with Gasteiger partial charge in [-0.2, -0.15) is 0 Å². The summed E-state index contributed by atoms with van der Waals surface area (Å²) in [5.74, 6) is -0.816. The highest BCUT2D eigenvalue weighted by molar-refractivity contribution is 7.18. The summed E-state index contributed by atoms with van der Waals surface area (Å²) in [6.07, 6.45) is -0.897. The van der Waals surface area contributed by atoms with Crippen molar-refractivity contribution < 1.29 is 19.1 Å². The molecule has 1 N–H and O–H groups in total. The van der Waals surface area contributed by atoms with Gasteiger partial charge in [0.15, 0.2) is 6.10 Å². The van der Waals surface area contributed by atoms with Crippen molar-refractivity contribution in [1.82, 2.24) is 9.97 Å². The summed E-state index contributed by atoms with van der Waals surface area (Å²) in [4.78, 5) is 32.6. The number of aromatic nitrogens is 2. The number of carbonyl (C=O) groups excluding carboxylic acids is 2. The molecule has 0 saturated heterocycles.